The Balaban J connectivity index is 1.66. The molecule has 0 saturated carbocycles. The Morgan fingerprint density at radius 3 is 2.65 bits per heavy atom. The number of fused-ring (bicyclic) bond motifs is 7. The zero-order valence-corrected chi connectivity index (χ0v) is 26.1. The summed E-state index contributed by atoms with van der Waals surface area (Å²) in [5.41, 5.74) is 9.65. The molecule has 0 spiro atoms. The highest BCUT2D eigenvalue weighted by atomic mass is 19.1. The summed E-state index contributed by atoms with van der Waals surface area (Å²) in [5.74, 6) is -0.642. The van der Waals surface area contributed by atoms with E-state index in [1.807, 2.05) is 13.8 Å². The molecule has 4 aromatic rings. The number of halogens is 1. The van der Waals surface area contributed by atoms with Gasteiger partial charge in [-0.3, -0.25) is 9.48 Å². The van der Waals surface area contributed by atoms with E-state index in [4.69, 9.17) is 54.4 Å². The first-order valence-electron chi connectivity index (χ1n) is 14.7. The molecule has 2 unspecified atom stereocenters. The van der Waals surface area contributed by atoms with Crippen molar-refractivity contribution in [3.05, 3.63) is 59.3 Å². The number of benzene rings is 1. The maximum atomic E-state index is 14.7. The first-order valence-corrected chi connectivity index (χ1v) is 14.7. The Bertz CT molecular complexity index is 1760. The summed E-state index contributed by atoms with van der Waals surface area (Å²) < 4.78 is 27.7. The van der Waals surface area contributed by atoms with Gasteiger partial charge in [-0.2, -0.15) is 20.1 Å². The Labute approximate surface area is 273 Å². The summed E-state index contributed by atoms with van der Waals surface area (Å²) in [6.45, 7) is 5.31. The van der Waals surface area contributed by atoms with Crippen molar-refractivity contribution in [1.82, 2.24) is 29.8 Å². The number of hydrogen-bond acceptors (Lipinski definition) is 9. The lowest BCUT2D eigenvalue weighted by molar-refractivity contribution is -0.145. The molecule has 1 aliphatic rings. The van der Waals surface area contributed by atoms with E-state index < -0.39 is 34.4 Å². The minimum Gasteiger partial charge on any atom is -0.482 e. The van der Waals surface area contributed by atoms with Gasteiger partial charge >= 0.3 is 5.97 Å². The molecule has 0 saturated heterocycles. The van der Waals surface area contributed by atoms with Crippen molar-refractivity contribution >= 4 is 51.0 Å². The van der Waals surface area contributed by atoms with Crippen molar-refractivity contribution in [2.75, 3.05) is 12.0 Å². The Kier molecular flexibility index (Phi) is 9.18. The Hall–Kier alpha value is -4.00. The highest BCUT2D eigenvalue weighted by molar-refractivity contribution is 6.66. The van der Waals surface area contributed by atoms with Crippen molar-refractivity contribution in [2.45, 2.75) is 56.2 Å². The smallest absolute Gasteiger partial charge is 0.324 e. The van der Waals surface area contributed by atoms with Crippen LogP contribution in [0.3, 0.4) is 0 Å². The van der Waals surface area contributed by atoms with E-state index in [0.717, 1.165) is 0 Å². The average molecular weight is 612 g/mol. The Morgan fingerprint density at radius 2 is 1.96 bits per heavy atom. The molecule has 46 heavy (non-hydrogen) atoms. The fourth-order valence-electron chi connectivity index (χ4n) is 5.13. The average Bonchev–Trinajstić information content (AvgIpc) is 3.59. The highest BCUT2D eigenvalue weighted by Crippen LogP contribution is 2.41. The molecule has 0 fully saturated rings. The first kappa shape index (κ1) is 33.4. The van der Waals surface area contributed by atoms with Gasteiger partial charge in [0, 0.05) is 41.9 Å². The lowest BCUT2D eigenvalue weighted by atomic mass is 9.26. The minimum absolute atomic E-state index is 0.0657. The van der Waals surface area contributed by atoms with Gasteiger partial charge < -0.3 is 20.5 Å². The minimum atomic E-state index is -2.10. The van der Waals surface area contributed by atoms with Crippen LogP contribution >= 0.6 is 0 Å². The number of rotatable bonds is 8. The summed E-state index contributed by atoms with van der Waals surface area (Å²) >= 11 is 0. The van der Waals surface area contributed by atoms with E-state index in [9.17, 15) is 9.18 Å². The van der Waals surface area contributed by atoms with E-state index >= 15 is 0 Å². The molecule has 10 radical (unpaired) electrons. The quantitative estimate of drug-likeness (QED) is 0.174. The van der Waals surface area contributed by atoms with Crippen molar-refractivity contribution in [2.24, 2.45) is 18.7 Å². The maximum Gasteiger partial charge on any atom is 0.324 e. The number of carbonyl (C=O) groups is 1. The van der Waals surface area contributed by atoms with Gasteiger partial charge in [0.25, 0.3) is 0 Å². The number of nitrogens with two attached hydrogens (primary N) is 1. The summed E-state index contributed by atoms with van der Waals surface area (Å²) in [4.78, 5) is 18.5. The second-order valence-corrected chi connectivity index (χ2v) is 11.6. The van der Waals surface area contributed by atoms with Crippen LogP contribution in [0, 0.1) is 11.7 Å². The molecule has 2 bridgehead atoms. The van der Waals surface area contributed by atoms with Gasteiger partial charge in [0.2, 0.25) is 0 Å². The predicted octanol–water partition coefficient (Wildman–Crippen LogP) is 1.74. The number of ether oxygens (including phenoxy) is 2. The fraction of sp³-hybridized carbons (Fsp3) is 0.414. The van der Waals surface area contributed by atoms with E-state index in [1.54, 1.807) is 32.3 Å². The summed E-state index contributed by atoms with van der Waals surface area (Å²) in [5, 5.41) is 12.4. The second kappa shape index (κ2) is 12.7. The molecule has 3 atom stereocenters. The van der Waals surface area contributed by atoms with E-state index in [-0.39, 0.29) is 30.6 Å². The molecule has 226 valence electrons. The van der Waals surface area contributed by atoms with Crippen LogP contribution in [0.5, 0.6) is 5.75 Å². The topological polar surface area (TPSA) is 135 Å². The fourth-order valence-corrected chi connectivity index (χ4v) is 5.13. The van der Waals surface area contributed by atoms with E-state index in [0.29, 0.717) is 45.8 Å². The molecular formula is C29H30B5FN8O3. The normalized spacial score (nSPS) is 16.0. The molecule has 11 nitrogen and oxygen atoms in total. The van der Waals surface area contributed by atoms with Crippen molar-refractivity contribution < 1.29 is 18.7 Å². The molecule has 3 aromatic heterocycles. The summed E-state index contributed by atoms with van der Waals surface area (Å²) in [7, 11) is 32.4. The van der Waals surface area contributed by atoms with E-state index in [2.05, 4.69) is 25.6 Å². The number of nitrogens with one attached hydrogen (secondary N) is 1. The van der Waals surface area contributed by atoms with Crippen LogP contribution in [0.25, 0.3) is 22.5 Å². The predicted molar refractivity (Wildman–Crippen MR) is 175 cm³/mol. The lowest BCUT2D eigenvalue weighted by Gasteiger charge is -2.43. The molecule has 5 rings (SSSR count). The van der Waals surface area contributed by atoms with Gasteiger partial charge in [0.15, 0.2) is 18.3 Å². The zero-order valence-electron chi connectivity index (χ0n) is 26.1. The zero-order chi connectivity index (χ0) is 33.6. The second-order valence-electron chi connectivity index (χ2n) is 11.6. The van der Waals surface area contributed by atoms with Crippen LogP contribution in [-0.4, -0.2) is 87.7 Å². The van der Waals surface area contributed by atoms with Crippen molar-refractivity contribution in [1.29, 1.82) is 0 Å². The van der Waals surface area contributed by atoms with Crippen LogP contribution in [0.4, 0.5) is 10.2 Å². The lowest BCUT2D eigenvalue weighted by Crippen LogP contribution is -2.49. The van der Waals surface area contributed by atoms with Crippen LogP contribution in [-0.2, 0) is 28.3 Å². The molecule has 4 heterocycles. The summed E-state index contributed by atoms with van der Waals surface area (Å²) in [6.07, 6.45) is 3.25. The number of aryl methyl sites for hydroxylation is 1. The van der Waals surface area contributed by atoms with Crippen LogP contribution in [0.15, 0.2) is 36.7 Å². The third kappa shape index (κ3) is 6.34. The van der Waals surface area contributed by atoms with Crippen molar-refractivity contribution in [3.63, 3.8) is 0 Å². The number of pyridine rings is 1. The highest BCUT2D eigenvalue weighted by Gasteiger charge is 2.36. The van der Waals surface area contributed by atoms with E-state index in [1.165, 1.54) is 27.8 Å². The molecule has 0 aliphatic carbocycles. The number of carbonyl (C=O) groups excluding carboxylic acids is 1. The maximum absolute atomic E-state index is 14.7. The van der Waals surface area contributed by atoms with Gasteiger partial charge in [-0.05, 0) is 42.4 Å². The van der Waals surface area contributed by atoms with Gasteiger partial charge in [-0.25, -0.2) is 9.37 Å². The third-order valence-electron chi connectivity index (χ3n) is 8.15. The Morgan fingerprint density at radius 1 is 1.22 bits per heavy atom. The van der Waals surface area contributed by atoms with Crippen LogP contribution in [0.1, 0.15) is 50.1 Å². The summed E-state index contributed by atoms with van der Waals surface area (Å²) in [6, 6.07) is 5.23. The number of nitrogens with zero attached hydrogens (tertiary/aromatic N) is 6. The number of aromatic nitrogens is 6. The molecule has 1 aliphatic heterocycles. The number of esters is 1. The standard InChI is InChI=1S/C29H30B5FN8O3/c1-5-14(2)23(36)27(44)45-13-38-26-22-9-17(11-37-26)25-16(12-39-43(25)29(33,34)28(30,31)32)8-21-24(41-42(4)40-21)19-7-6-18(35)10-20(19)15(3)46-22/h6-7,9-12,14-15,23H,5,8,13,36H2,1-4H3,(H,37,38)/t14?,15-,23?/m1/s1. The SMILES string of the molecule is [B]C([B])([B])C([B])([B])n1ncc2c1-c1cnc(NCOC(=O)C(N)C(C)CC)c(c1)O[C@H](C)c1cc(F)ccc1-c1nn(C)nc1C2. The number of anilines is 1. The third-order valence-corrected chi connectivity index (χ3v) is 8.15. The first-order chi connectivity index (χ1) is 21.6. The molecule has 0 amide bonds. The van der Waals surface area contributed by atoms with Crippen LogP contribution < -0.4 is 15.8 Å². The van der Waals surface area contributed by atoms with Crippen LogP contribution in [0.2, 0.25) is 5.11 Å². The largest absolute Gasteiger partial charge is 0.482 e. The molecule has 3 N–H and O–H groups in total. The molecule has 1 aromatic carbocycles. The molecule has 17 heteroatoms. The van der Waals surface area contributed by atoms with Gasteiger partial charge in [0.1, 0.15) is 23.7 Å². The van der Waals surface area contributed by atoms with Gasteiger partial charge in [0.05, 0.1) is 56.8 Å². The van der Waals surface area contributed by atoms with Gasteiger partial charge in [-0.1, -0.05) is 20.3 Å². The van der Waals surface area contributed by atoms with Gasteiger partial charge in [-0.15, -0.1) is 5.11 Å². The van der Waals surface area contributed by atoms with Crippen molar-refractivity contribution in [3.8, 4) is 28.3 Å². The number of hydrogen-bond donors (Lipinski definition) is 2. The molecular weight excluding hydrogens is 581 g/mol. The monoisotopic (exact) mass is 612 g/mol.